The zero-order valence-corrected chi connectivity index (χ0v) is 7.19. The van der Waals surface area contributed by atoms with Crippen LogP contribution in [0.25, 0.3) is 0 Å². The van der Waals surface area contributed by atoms with E-state index in [0.29, 0.717) is 0 Å². The molecule has 5 N–H and O–H groups in total. The molecule has 0 bridgehead atoms. The fourth-order valence-corrected chi connectivity index (χ4v) is 0.447. The van der Waals surface area contributed by atoms with Gasteiger partial charge in [-0.2, -0.15) is 8.42 Å². The molecule has 0 atom stereocenters. The average Bonchev–Trinajstić information content (AvgIpc) is 1.85. The van der Waals surface area contributed by atoms with E-state index < -0.39 is 22.1 Å². The standard InChI is InChI=1S/C2H7NO3S.C2H2O4/c3-1-2-7(4,5)6;3-1(4)2(5)6/h1-3H2,(H,4,5,6);(H,3,4)(H,5,6). The van der Waals surface area contributed by atoms with Crippen LogP contribution < -0.4 is 5.73 Å². The summed E-state index contributed by atoms with van der Waals surface area (Å²) in [6, 6.07) is 0. The molecule has 0 aliphatic carbocycles. The lowest BCUT2D eigenvalue weighted by atomic mass is 10.7. The van der Waals surface area contributed by atoms with Gasteiger partial charge in [-0.1, -0.05) is 0 Å². The van der Waals surface area contributed by atoms with Crippen LogP contribution in [-0.4, -0.2) is 47.4 Å². The highest BCUT2D eigenvalue weighted by Gasteiger charge is 2.04. The molecule has 0 aliphatic heterocycles. The summed E-state index contributed by atoms with van der Waals surface area (Å²) in [6.07, 6.45) is 0. The second kappa shape index (κ2) is 6.34. The first kappa shape index (κ1) is 14.3. The highest BCUT2D eigenvalue weighted by Crippen LogP contribution is 1.74. The summed E-state index contributed by atoms with van der Waals surface area (Å²) >= 11 is 0. The highest BCUT2D eigenvalue weighted by molar-refractivity contribution is 7.85. The van der Waals surface area contributed by atoms with Gasteiger partial charge in [0.2, 0.25) is 0 Å². The molecule has 0 aliphatic rings. The Kier molecular flexibility index (Phi) is 6.99. The van der Waals surface area contributed by atoms with E-state index in [1.54, 1.807) is 0 Å². The van der Waals surface area contributed by atoms with Gasteiger partial charge in [0, 0.05) is 6.54 Å². The lowest BCUT2D eigenvalue weighted by Gasteiger charge is -1.86. The van der Waals surface area contributed by atoms with Crippen molar-refractivity contribution in [2.75, 3.05) is 12.3 Å². The fraction of sp³-hybridized carbons (Fsp3) is 0.500. The first-order chi connectivity index (χ1) is 5.70. The first-order valence-corrected chi connectivity index (χ1v) is 4.43. The smallest absolute Gasteiger partial charge is 0.414 e. The maximum absolute atomic E-state index is 9.71. The van der Waals surface area contributed by atoms with Gasteiger partial charge >= 0.3 is 11.9 Å². The summed E-state index contributed by atoms with van der Waals surface area (Å²) in [5.41, 5.74) is 4.78. The molecule has 0 amide bonds. The molecule has 0 saturated carbocycles. The second-order valence-electron chi connectivity index (χ2n) is 1.69. The van der Waals surface area contributed by atoms with Gasteiger partial charge in [0.15, 0.2) is 0 Å². The molecule has 8 nitrogen and oxygen atoms in total. The monoisotopic (exact) mass is 215 g/mol. The minimum atomic E-state index is -3.80. The maximum Gasteiger partial charge on any atom is 0.414 e. The molecule has 0 aromatic rings. The molecule has 78 valence electrons. The molecule has 0 unspecified atom stereocenters. The van der Waals surface area contributed by atoms with Gasteiger partial charge in [-0.05, 0) is 0 Å². The Hall–Kier alpha value is -1.19. The molecule has 0 radical (unpaired) electrons. The number of hydrogen-bond acceptors (Lipinski definition) is 5. The summed E-state index contributed by atoms with van der Waals surface area (Å²) in [7, 11) is -3.80. The van der Waals surface area contributed by atoms with Gasteiger partial charge < -0.3 is 15.9 Å². The van der Waals surface area contributed by atoms with Gasteiger partial charge in [0.05, 0.1) is 5.75 Å². The van der Waals surface area contributed by atoms with Crippen molar-refractivity contribution in [3.63, 3.8) is 0 Å². The van der Waals surface area contributed by atoms with E-state index in [1.165, 1.54) is 0 Å². The highest BCUT2D eigenvalue weighted by atomic mass is 32.2. The molecule has 9 heteroatoms. The van der Waals surface area contributed by atoms with E-state index in [0.717, 1.165) is 0 Å². The zero-order valence-electron chi connectivity index (χ0n) is 6.37. The molecule has 0 aromatic heterocycles. The third kappa shape index (κ3) is 18.1. The van der Waals surface area contributed by atoms with Crippen molar-refractivity contribution >= 4 is 22.1 Å². The Morgan fingerprint density at radius 2 is 1.46 bits per heavy atom. The Morgan fingerprint density at radius 3 is 1.46 bits per heavy atom. The molecular weight excluding hydrogens is 206 g/mol. The predicted octanol–water partition coefficient (Wildman–Crippen LogP) is -2.01. The van der Waals surface area contributed by atoms with E-state index in [-0.39, 0.29) is 12.3 Å². The van der Waals surface area contributed by atoms with Crippen molar-refractivity contribution < 1.29 is 32.8 Å². The molecule has 13 heavy (non-hydrogen) atoms. The van der Waals surface area contributed by atoms with E-state index in [1.807, 2.05) is 0 Å². The minimum absolute atomic E-state index is 0.0289. The normalized spacial score (nSPS) is 9.69. The van der Waals surface area contributed by atoms with Crippen molar-refractivity contribution in [2.45, 2.75) is 0 Å². The van der Waals surface area contributed by atoms with Crippen molar-refractivity contribution in [3.8, 4) is 0 Å². The van der Waals surface area contributed by atoms with Crippen LogP contribution in [-0.2, 0) is 19.7 Å². The lowest BCUT2D eigenvalue weighted by Crippen LogP contribution is -2.13. The van der Waals surface area contributed by atoms with Gasteiger partial charge in [0.1, 0.15) is 0 Å². The third-order valence-corrected chi connectivity index (χ3v) is 1.31. The maximum atomic E-state index is 9.71. The van der Waals surface area contributed by atoms with Gasteiger partial charge in [-0.25, -0.2) is 9.59 Å². The van der Waals surface area contributed by atoms with Crippen molar-refractivity contribution in [1.29, 1.82) is 0 Å². The molecule has 0 spiro atoms. The molecule has 0 aromatic carbocycles. The van der Waals surface area contributed by atoms with E-state index in [2.05, 4.69) is 0 Å². The Labute approximate surface area is 73.7 Å². The number of carboxylic acids is 2. The summed E-state index contributed by atoms with van der Waals surface area (Å²) in [6.45, 7) is -0.0289. The number of nitrogens with two attached hydrogens (primary N) is 1. The van der Waals surface area contributed by atoms with Crippen LogP contribution in [0.3, 0.4) is 0 Å². The summed E-state index contributed by atoms with van der Waals surface area (Å²) < 4.78 is 27.3. The Morgan fingerprint density at radius 1 is 1.15 bits per heavy atom. The van der Waals surface area contributed by atoms with Crippen molar-refractivity contribution in [2.24, 2.45) is 5.73 Å². The zero-order chi connectivity index (χ0) is 11.1. The first-order valence-electron chi connectivity index (χ1n) is 2.82. The van der Waals surface area contributed by atoms with Crippen LogP contribution in [0.1, 0.15) is 0 Å². The number of carbonyl (C=O) groups is 2. The predicted molar refractivity (Wildman–Crippen MR) is 40.7 cm³/mol. The molecule has 0 heterocycles. The van der Waals surface area contributed by atoms with Crippen LogP contribution in [0.15, 0.2) is 0 Å². The SMILES string of the molecule is NCCS(=O)(=O)O.O=C(O)C(=O)O. The molecule has 0 fully saturated rings. The lowest BCUT2D eigenvalue weighted by molar-refractivity contribution is -0.159. The average molecular weight is 215 g/mol. The number of aliphatic carboxylic acids is 2. The Bertz CT molecular complexity index is 256. The van der Waals surface area contributed by atoms with E-state index >= 15 is 0 Å². The van der Waals surface area contributed by atoms with Gasteiger partial charge in [0.25, 0.3) is 10.1 Å². The molecule has 0 rings (SSSR count). The van der Waals surface area contributed by atoms with Gasteiger partial charge in [-0.15, -0.1) is 0 Å². The van der Waals surface area contributed by atoms with Gasteiger partial charge in [-0.3, -0.25) is 4.55 Å². The number of carboxylic acid groups (broad SMARTS) is 2. The van der Waals surface area contributed by atoms with Crippen LogP contribution in [0.5, 0.6) is 0 Å². The fourth-order valence-electron chi connectivity index (χ4n) is 0.149. The van der Waals surface area contributed by atoms with E-state index in [9.17, 15) is 8.42 Å². The topological polar surface area (TPSA) is 155 Å². The Balaban J connectivity index is 0. The summed E-state index contributed by atoms with van der Waals surface area (Å²) in [5, 5.41) is 14.8. The van der Waals surface area contributed by atoms with Crippen LogP contribution in [0.4, 0.5) is 0 Å². The van der Waals surface area contributed by atoms with Crippen LogP contribution >= 0.6 is 0 Å². The largest absolute Gasteiger partial charge is 0.473 e. The molecule has 0 saturated heterocycles. The number of rotatable bonds is 2. The van der Waals surface area contributed by atoms with Crippen molar-refractivity contribution in [3.05, 3.63) is 0 Å². The second-order valence-corrected chi connectivity index (χ2v) is 3.26. The minimum Gasteiger partial charge on any atom is -0.473 e. The van der Waals surface area contributed by atoms with E-state index in [4.69, 9.17) is 30.1 Å². The third-order valence-electron chi connectivity index (χ3n) is 0.559. The number of hydrogen-bond donors (Lipinski definition) is 4. The summed E-state index contributed by atoms with van der Waals surface area (Å²) in [5.74, 6) is -4.00. The summed E-state index contributed by atoms with van der Waals surface area (Å²) in [4.78, 5) is 18.2. The van der Waals surface area contributed by atoms with Crippen LogP contribution in [0, 0.1) is 0 Å². The quantitative estimate of drug-likeness (QED) is 0.304. The van der Waals surface area contributed by atoms with Crippen molar-refractivity contribution in [1.82, 2.24) is 0 Å². The molecular formula is C4H9NO7S. The van der Waals surface area contributed by atoms with Crippen LogP contribution in [0.2, 0.25) is 0 Å².